The first kappa shape index (κ1) is 12.0. The number of alkyl halides is 3. The molecule has 0 aliphatic rings. The monoisotopic (exact) mass is 253 g/mol. The number of H-pyrrole nitrogens is 1. The predicted octanol–water partition coefficient (Wildman–Crippen LogP) is 2.06. The molecule has 1 aromatic carbocycles. The lowest BCUT2D eigenvalue weighted by Crippen LogP contribution is -2.16. The second kappa shape index (κ2) is 4.07. The average Bonchev–Trinajstić information content (AvgIpc) is 2.73. The molecule has 2 rings (SSSR count). The number of hydrogen-bond donors (Lipinski definition) is 1. The van der Waals surface area contributed by atoms with Crippen molar-refractivity contribution in [3.8, 4) is 11.8 Å². The van der Waals surface area contributed by atoms with E-state index in [2.05, 4.69) is 4.98 Å². The molecule has 1 N–H and O–H groups in total. The summed E-state index contributed by atoms with van der Waals surface area (Å²) in [6, 6.07) is 4.57. The zero-order chi connectivity index (χ0) is 13.3. The Bertz CT molecular complexity index is 676. The molecule has 0 saturated heterocycles. The maximum absolute atomic E-state index is 12.7. The minimum atomic E-state index is -4.64. The van der Waals surface area contributed by atoms with Crippen LogP contribution in [0.25, 0.3) is 5.69 Å². The van der Waals surface area contributed by atoms with Gasteiger partial charge < -0.3 is 4.98 Å². The Labute approximate surface area is 98.9 Å². The lowest BCUT2D eigenvalue weighted by molar-refractivity contribution is -0.137. The highest BCUT2D eigenvalue weighted by molar-refractivity contribution is 5.47. The first-order chi connectivity index (χ1) is 8.43. The van der Waals surface area contributed by atoms with Crippen molar-refractivity contribution in [1.82, 2.24) is 9.55 Å². The van der Waals surface area contributed by atoms with Crippen LogP contribution in [0.3, 0.4) is 0 Å². The molecule has 1 heterocycles. The van der Waals surface area contributed by atoms with Crippen molar-refractivity contribution >= 4 is 0 Å². The maximum Gasteiger partial charge on any atom is 0.417 e. The molecular weight excluding hydrogens is 247 g/mol. The van der Waals surface area contributed by atoms with Gasteiger partial charge in [0, 0.05) is 12.4 Å². The zero-order valence-corrected chi connectivity index (χ0v) is 8.82. The molecule has 0 atom stereocenters. The number of halogens is 3. The molecule has 0 bridgehead atoms. The van der Waals surface area contributed by atoms with E-state index in [-0.39, 0.29) is 5.69 Å². The molecule has 92 valence electrons. The van der Waals surface area contributed by atoms with Gasteiger partial charge in [-0.25, -0.2) is 4.79 Å². The normalized spacial score (nSPS) is 11.2. The molecule has 18 heavy (non-hydrogen) atoms. The largest absolute Gasteiger partial charge is 0.417 e. The van der Waals surface area contributed by atoms with Gasteiger partial charge in [0.25, 0.3) is 0 Å². The molecule has 0 spiro atoms. The van der Waals surface area contributed by atoms with E-state index in [0.717, 1.165) is 16.7 Å². The Morgan fingerprint density at radius 3 is 2.56 bits per heavy atom. The smallest absolute Gasteiger partial charge is 0.312 e. The number of rotatable bonds is 1. The first-order valence-corrected chi connectivity index (χ1v) is 4.81. The third-order valence-corrected chi connectivity index (χ3v) is 2.36. The Morgan fingerprint density at radius 1 is 1.33 bits per heavy atom. The zero-order valence-electron chi connectivity index (χ0n) is 8.82. The van der Waals surface area contributed by atoms with Crippen molar-refractivity contribution in [3.05, 3.63) is 52.2 Å². The van der Waals surface area contributed by atoms with Crippen molar-refractivity contribution < 1.29 is 13.2 Å². The van der Waals surface area contributed by atoms with Crippen LogP contribution < -0.4 is 5.69 Å². The fourth-order valence-electron chi connectivity index (χ4n) is 1.54. The third-order valence-electron chi connectivity index (χ3n) is 2.36. The minimum Gasteiger partial charge on any atom is -0.312 e. The summed E-state index contributed by atoms with van der Waals surface area (Å²) >= 11 is 0. The summed E-state index contributed by atoms with van der Waals surface area (Å²) in [6.07, 6.45) is -2.02. The maximum atomic E-state index is 12.7. The van der Waals surface area contributed by atoms with Crippen molar-refractivity contribution in [1.29, 1.82) is 5.26 Å². The van der Waals surface area contributed by atoms with Gasteiger partial charge in [-0.1, -0.05) is 0 Å². The second-order valence-corrected chi connectivity index (χ2v) is 3.47. The van der Waals surface area contributed by atoms with Gasteiger partial charge in [-0.05, 0) is 18.2 Å². The molecule has 0 fully saturated rings. The molecule has 0 saturated carbocycles. The molecule has 0 amide bonds. The number of hydrogen-bond acceptors (Lipinski definition) is 2. The van der Waals surface area contributed by atoms with Crippen LogP contribution in [0.2, 0.25) is 0 Å². The van der Waals surface area contributed by atoms with E-state index in [4.69, 9.17) is 5.26 Å². The van der Waals surface area contributed by atoms with Gasteiger partial charge in [-0.2, -0.15) is 18.4 Å². The lowest BCUT2D eigenvalue weighted by atomic mass is 10.1. The molecule has 0 aliphatic heterocycles. The molecule has 1 aromatic heterocycles. The summed E-state index contributed by atoms with van der Waals surface area (Å²) in [5.74, 6) is 0. The standard InChI is InChI=1S/C11H6F3N3O/c12-11(13,14)9-5-8(2-1-7(9)6-15)17-4-3-16-10(17)18/h1-5H,(H,16,18). The summed E-state index contributed by atoms with van der Waals surface area (Å²) < 4.78 is 39.2. The number of imidazole rings is 1. The van der Waals surface area contributed by atoms with E-state index in [1.165, 1.54) is 24.5 Å². The summed E-state index contributed by atoms with van der Waals surface area (Å²) in [6.45, 7) is 0. The van der Waals surface area contributed by atoms with Crippen LogP contribution in [0.4, 0.5) is 13.2 Å². The van der Waals surface area contributed by atoms with Crippen LogP contribution in [0.1, 0.15) is 11.1 Å². The number of nitrogens with zero attached hydrogens (tertiary/aromatic N) is 2. The molecule has 0 radical (unpaired) electrons. The highest BCUT2D eigenvalue weighted by atomic mass is 19.4. The highest BCUT2D eigenvalue weighted by Crippen LogP contribution is 2.32. The van der Waals surface area contributed by atoms with Gasteiger partial charge in [-0.15, -0.1) is 0 Å². The van der Waals surface area contributed by atoms with Crippen molar-refractivity contribution in [3.63, 3.8) is 0 Å². The van der Waals surface area contributed by atoms with Gasteiger partial charge in [0.05, 0.1) is 22.9 Å². The van der Waals surface area contributed by atoms with Crippen LogP contribution in [0.5, 0.6) is 0 Å². The van der Waals surface area contributed by atoms with Crippen LogP contribution in [0, 0.1) is 11.3 Å². The van der Waals surface area contributed by atoms with E-state index in [9.17, 15) is 18.0 Å². The van der Waals surface area contributed by atoms with Crippen molar-refractivity contribution in [2.45, 2.75) is 6.18 Å². The molecule has 7 heteroatoms. The van der Waals surface area contributed by atoms with Gasteiger partial charge >= 0.3 is 11.9 Å². The Balaban J connectivity index is 2.65. The van der Waals surface area contributed by atoms with E-state index < -0.39 is 23.0 Å². The summed E-state index contributed by atoms with van der Waals surface area (Å²) in [4.78, 5) is 13.6. The quantitative estimate of drug-likeness (QED) is 0.845. The number of nitrogens with one attached hydrogen (secondary N) is 1. The number of nitriles is 1. The van der Waals surface area contributed by atoms with Gasteiger partial charge in [0.1, 0.15) is 0 Å². The van der Waals surface area contributed by atoms with E-state index >= 15 is 0 Å². The summed E-state index contributed by atoms with van der Waals surface area (Å²) in [5, 5.41) is 8.63. The van der Waals surface area contributed by atoms with Gasteiger partial charge in [0.2, 0.25) is 0 Å². The molecular formula is C11H6F3N3O. The SMILES string of the molecule is N#Cc1ccc(-n2cc[nH]c2=O)cc1C(F)(F)F. The predicted molar refractivity (Wildman–Crippen MR) is 56.1 cm³/mol. The average molecular weight is 253 g/mol. The molecule has 4 nitrogen and oxygen atoms in total. The Morgan fingerprint density at radius 2 is 2.06 bits per heavy atom. The number of benzene rings is 1. The van der Waals surface area contributed by atoms with Crippen molar-refractivity contribution in [2.24, 2.45) is 0 Å². The van der Waals surface area contributed by atoms with Crippen molar-refractivity contribution in [2.75, 3.05) is 0 Å². The Hall–Kier alpha value is -2.49. The van der Waals surface area contributed by atoms with Gasteiger partial charge in [0.15, 0.2) is 0 Å². The summed E-state index contributed by atoms with van der Waals surface area (Å²) in [7, 11) is 0. The van der Waals surface area contributed by atoms with Crippen LogP contribution >= 0.6 is 0 Å². The fourth-order valence-corrected chi connectivity index (χ4v) is 1.54. The number of aromatic nitrogens is 2. The van der Waals surface area contributed by atoms with E-state index in [1.807, 2.05) is 0 Å². The van der Waals surface area contributed by atoms with E-state index in [1.54, 1.807) is 0 Å². The molecule has 2 aromatic rings. The van der Waals surface area contributed by atoms with Crippen LogP contribution in [-0.2, 0) is 6.18 Å². The highest BCUT2D eigenvalue weighted by Gasteiger charge is 2.34. The Kier molecular flexibility index (Phi) is 2.71. The third kappa shape index (κ3) is 2.00. The lowest BCUT2D eigenvalue weighted by Gasteiger charge is -2.10. The van der Waals surface area contributed by atoms with E-state index in [0.29, 0.717) is 0 Å². The van der Waals surface area contributed by atoms with Crippen LogP contribution in [0.15, 0.2) is 35.4 Å². The first-order valence-electron chi connectivity index (χ1n) is 4.81. The fraction of sp³-hybridized carbons (Fsp3) is 0.0909. The van der Waals surface area contributed by atoms with Crippen LogP contribution in [-0.4, -0.2) is 9.55 Å². The minimum absolute atomic E-state index is 0.0487. The topological polar surface area (TPSA) is 61.6 Å². The molecule has 0 unspecified atom stereocenters. The molecule has 0 aliphatic carbocycles. The number of aromatic amines is 1. The van der Waals surface area contributed by atoms with Gasteiger partial charge in [-0.3, -0.25) is 4.57 Å². The summed E-state index contributed by atoms with van der Waals surface area (Å²) in [5.41, 5.74) is -2.04. The second-order valence-electron chi connectivity index (χ2n) is 3.47.